The Morgan fingerprint density at radius 1 is 1.16 bits per heavy atom. The molecule has 1 aliphatic rings. The molecule has 0 spiro atoms. The molecule has 2 aromatic rings. The van der Waals surface area contributed by atoms with E-state index < -0.39 is 0 Å². The van der Waals surface area contributed by atoms with Crippen LogP contribution in [0.2, 0.25) is 0 Å². The summed E-state index contributed by atoms with van der Waals surface area (Å²) in [5, 5.41) is 8.70. The molecule has 134 valence electrons. The highest BCUT2D eigenvalue weighted by Gasteiger charge is 2.20. The fourth-order valence-corrected chi connectivity index (χ4v) is 3.59. The zero-order chi connectivity index (χ0) is 17.8. The maximum atomic E-state index is 5.64. The molecule has 1 fully saturated rings. The van der Waals surface area contributed by atoms with E-state index in [2.05, 4.69) is 64.5 Å². The van der Waals surface area contributed by atoms with E-state index >= 15 is 0 Å². The Bertz CT molecular complexity index is 731. The van der Waals surface area contributed by atoms with Gasteiger partial charge in [0.2, 0.25) is 0 Å². The van der Waals surface area contributed by atoms with Gasteiger partial charge in [-0.25, -0.2) is 0 Å². The van der Waals surface area contributed by atoms with Crippen molar-refractivity contribution in [2.75, 3.05) is 31.5 Å². The molecule has 0 radical (unpaired) electrons. The monoisotopic (exact) mass is 357 g/mol. The van der Waals surface area contributed by atoms with Crippen LogP contribution in [0.1, 0.15) is 23.7 Å². The van der Waals surface area contributed by atoms with Gasteiger partial charge in [-0.1, -0.05) is 25.1 Å². The molecule has 0 aliphatic carbocycles. The number of nitrogens with one attached hydrogen (secondary N) is 1. The lowest BCUT2D eigenvalue weighted by Crippen LogP contribution is -2.49. The largest absolute Gasteiger partial charge is 0.346 e. The van der Waals surface area contributed by atoms with Crippen molar-refractivity contribution in [2.24, 2.45) is 7.05 Å². The molecule has 6 heteroatoms. The van der Waals surface area contributed by atoms with Crippen LogP contribution in [0.25, 0.3) is 0 Å². The van der Waals surface area contributed by atoms with Crippen molar-refractivity contribution in [1.29, 1.82) is 0 Å². The lowest BCUT2D eigenvalue weighted by molar-refractivity contribution is 0.176. The highest BCUT2D eigenvalue weighted by Crippen LogP contribution is 2.17. The van der Waals surface area contributed by atoms with Crippen molar-refractivity contribution < 1.29 is 0 Å². The number of hydrogen-bond acceptors (Lipinski definition) is 3. The Balaban J connectivity index is 1.53. The second-order valence-electron chi connectivity index (χ2n) is 6.62. The molecular formula is C19H27N5S. The van der Waals surface area contributed by atoms with Crippen LogP contribution in [-0.2, 0) is 20.0 Å². The Morgan fingerprint density at radius 3 is 2.52 bits per heavy atom. The lowest BCUT2D eigenvalue weighted by Gasteiger charge is -2.36. The van der Waals surface area contributed by atoms with Crippen LogP contribution in [0.5, 0.6) is 0 Å². The van der Waals surface area contributed by atoms with Gasteiger partial charge in [-0.15, -0.1) is 0 Å². The molecule has 2 heterocycles. The maximum Gasteiger partial charge on any atom is 0.173 e. The van der Waals surface area contributed by atoms with Crippen molar-refractivity contribution in [2.45, 2.75) is 26.8 Å². The molecule has 5 nitrogen and oxygen atoms in total. The quantitative estimate of drug-likeness (QED) is 0.852. The van der Waals surface area contributed by atoms with Crippen molar-refractivity contribution in [3.63, 3.8) is 0 Å². The molecule has 0 amide bonds. The number of nitrogens with zero attached hydrogens (tertiary/aromatic N) is 4. The maximum absolute atomic E-state index is 5.64. The zero-order valence-corrected chi connectivity index (χ0v) is 16.1. The minimum atomic E-state index is 0.832. The Labute approximate surface area is 155 Å². The number of piperazine rings is 1. The third-order valence-electron chi connectivity index (χ3n) is 4.81. The number of para-hydroxylation sites is 1. The van der Waals surface area contributed by atoms with Gasteiger partial charge in [-0.2, -0.15) is 5.10 Å². The highest BCUT2D eigenvalue weighted by molar-refractivity contribution is 7.80. The van der Waals surface area contributed by atoms with Gasteiger partial charge in [-0.05, 0) is 37.2 Å². The number of anilines is 1. The molecule has 1 aliphatic heterocycles. The first kappa shape index (κ1) is 17.9. The average molecular weight is 358 g/mol. The van der Waals surface area contributed by atoms with Gasteiger partial charge in [-0.3, -0.25) is 9.58 Å². The minimum absolute atomic E-state index is 0.832. The predicted molar refractivity (Wildman–Crippen MR) is 107 cm³/mol. The number of hydrogen-bond donors (Lipinski definition) is 1. The first-order chi connectivity index (χ1) is 12.1. The van der Waals surface area contributed by atoms with Crippen LogP contribution in [0.4, 0.5) is 5.69 Å². The molecule has 0 unspecified atom stereocenters. The molecule has 0 saturated carbocycles. The summed E-state index contributed by atoms with van der Waals surface area (Å²) in [6.07, 6.45) is 3.12. The molecule has 3 rings (SSSR count). The number of aromatic nitrogens is 2. The van der Waals surface area contributed by atoms with E-state index in [1.165, 1.54) is 11.1 Å². The minimum Gasteiger partial charge on any atom is -0.346 e. The Hall–Kier alpha value is -1.92. The standard InChI is InChI=1S/C19H27N5S/c1-4-16-7-5-6-8-18(16)20-19(25)24-11-9-23(10-12-24)14-17-13-22(3)21-15(17)2/h5-8,13H,4,9-12,14H2,1-3H3,(H,20,25). The van der Waals surface area contributed by atoms with E-state index in [0.29, 0.717) is 0 Å². The van der Waals surface area contributed by atoms with Crippen LogP contribution < -0.4 is 5.32 Å². The van der Waals surface area contributed by atoms with Gasteiger partial charge in [0.15, 0.2) is 5.11 Å². The summed E-state index contributed by atoms with van der Waals surface area (Å²) in [6, 6.07) is 8.39. The summed E-state index contributed by atoms with van der Waals surface area (Å²) in [5.41, 5.74) is 4.87. The first-order valence-corrected chi connectivity index (χ1v) is 9.33. The highest BCUT2D eigenvalue weighted by atomic mass is 32.1. The van der Waals surface area contributed by atoms with Crippen molar-refractivity contribution in [1.82, 2.24) is 19.6 Å². The molecular weight excluding hydrogens is 330 g/mol. The van der Waals surface area contributed by atoms with Crippen LogP contribution in [0, 0.1) is 6.92 Å². The molecule has 1 aromatic heterocycles. The van der Waals surface area contributed by atoms with Crippen LogP contribution in [0.3, 0.4) is 0 Å². The molecule has 1 saturated heterocycles. The van der Waals surface area contributed by atoms with E-state index in [9.17, 15) is 0 Å². The molecule has 25 heavy (non-hydrogen) atoms. The lowest BCUT2D eigenvalue weighted by atomic mass is 10.1. The van der Waals surface area contributed by atoms with Crippen LogP contribution >= 0.6 is 12.2 Å². The van der Waals surface area contributed by atoms with Crippen LogP contribution in [-0.4, -0.2) is 50.9 Å². The third-order valence-corrected chi connectivity index (χ3v) is 5.17. The number of rotatable bonds is 4. The topological polar surface area (TPSA) is 36.3 Å². The summed E-state index contributed by atoms with van der Waals surface area (Å²) < 4.78 is 1.89. The molecule has 0 atom stereocenters. The van der Waals surface area contributed by atoms with Gasteiger partial charge in [0.25, 0.3) is 0 Å². The molecule has 1 N–H and O–H groups in total. The van der Waals surface area contributed by atoms with E-state index in [4.69, 9.17) is 12.2 Å². The van der Waals surface area contributed by atoms with Crippen molar-refractivity contribution in [3.8, 4) is 0 Å². The van der Waals surface area contributed by atoms with Gasteiger partial charge < -0.3 is 10.2 Å². The summed E-state index contributed by atoms with van der Waals surface area (Å²) in [5.74, 6) is 0. The second kappa shape index (κ2) is 7.97. The average Bonchev–Trinajstić information content (AvgIpc) is 2.93. The van der Waals surface area contributed by atoms with Gasteiger partial charge in [0, 0.05) is 57.2 Å². The smallest absolute Gasteiger partial charge is 0.173 e. The van der Waals surface area contributed by atoms with E-state index in [1.54, 1.807) is 0 Å². The fourth-order valence-electron chi connectivity index (χ4n) is 3.30. The van der Waals surface area contributed by atoms with Gasteiger partial charge >= 0.3 is 0 Å². The van der Waals surface area contributed by atoms with Crippen LogP contribution in [0.15, 0.2) is 30.5 Å². The number of aryl methyl sites for hydroxylation is 3. The Morgan fingerprint density at radius 2 is 1.88 bits per heavy atom. The summed E-state index contributed by atoms with van der Waals surface area (Å²) in [7, 11) is 1.98. The van der Waals surface area contributed by atoms with E-state index in [0.717, 1.165) is 55.6 Å². The van der Waals surface area contributed by atoms with Gasteiger partial charge in [0.05, 0.1) is 5.69 Å². The third kappa shape index (κ3) is 4.38. The van der Waals surface area contributed by atoms with E-state index in [1.807, 2.05) is 11.7 Å². The normalized spacial score (nSPS) is 15.4. The Kier molecular flexibility index (Phi) is 5.71. The number of benzene rings is 1. The molecule has 1 aromatic carbocycles. The van der Waals surface area contributed by atoms with Crippen molar-refractivity contribution >= 4 is 23.0 Å². The molecule has 0 bridgehead atoms. The zero-order valence-electron chi connectivity index (χ0n) is 15.3. The SMILES string of the molecule is CCc1ccccc1NC(=S)N1CCN(Cc2cn(C)nc2C)CC1. The summed E-state index contributed by atoms with van der Waals surface area (Å²) in [6.45, 7) is 9.17. The summed E-state index contributed by atoms with van der Waals surface area (Å²) in [4.78, 5) is 4.75. The second-order valence-corrected chi connectivity index (χ2v) is 7.00. The predicted octanol–water partition coefficient (Wildman–Crippen LogP) is 2.81. The fraction of sp³-hybridized carbons (Fsp3) is 0.474. The van der Waals surface area contributed by atoms with Gasteiger partial charge in [0.1, 0.15) is 0 Å². The van der Waals surface area contributed by atoms with Crippen molar-refractivity contribution in [3.05, 3.63) is 47.3 Å². The summed E-state index contributed by atoms with van der Waals surface area (Å²) >= 11 is 5.64. The van der Waals surface area contributed by atoms with E-state index in [-0.39, 0.29) is 0 Å². The number of thiocarbonyl (C=S) groups is 1. The first-order valence-electron chi connectivity index (χ1n) is 8.92.